The van der Waals surface area contributed by atoms with Crippen LogP contribution >= 0.6 is 11.6 Å². The fourth-order valence-electron chi connectivity index (χ4n) is 3.64. The molecule has 10 heteroatoms. The van der Waals surface area contributed by atoms with Crippen LogP contribution in [-0.2, 0) is 9.45 Å². The molecule has 3 rings (SSSR count). The maximum atomic E-state index is 12.7. The first-order valence-electron chi connectivity index (χ1n) is 10.4. The molecule has 0 bridgehead atoms. The third kappa shape index (κ3) is 6.46. The van der Waals surface area contributed by atoms with Crippen LogP contribution < -0.4 is 10.1 Å². The Morgan fingerprint density at radius 2 is 1.97 bits per heavy atom. The standard InChI is InChI=1S/C22H26BClN2O6/c1-2-26(22(28)15-7-9-17(24)10-8-15)12-11-20(27)25-21(32-23(29)30)13-16-14-31-19-6-4-3-5-18(16)19/h3-10,16,21,29-30H,2,11-14H2,1H3,(H,25,27)/t16-,21-/m1/s1. The third-order valence-electron chi connectivity index (χ3n) is 5.27. The van der Waals surface area contributed by atoms with Gasteiger partial charge < -0.3 is 29.7 Å². The fraction of sp³-hybridized carbons (Fsp3) is 0.364. The number of ether oxygens (including phenoxy) is 1. The number of nitrogens with one attached hydrogen (secondary N) is 1. The smallest absolute Gasteiger partial charge is 0.493 e. The van der Waals surface area contributed by atoms with E-state index in [1.54, 1.807) is 29.2 Å². The minimum Gasteiger partial charge on any atom is -0.493 e. The van der Waals surface area contributed by atoms with Crippen LogP contribution in [0.2, 0.25) is 5.02 Å². The van der Waals surface area contributed by atoms with Gasteiger partial charge >= 0.3 is 7.32 Å². The second kappa shape index (κ2) is 11.3. The predicted molar refractivity (Wildman–Crippen MR) is 120 cm³/mol. The van der Waals surface area contributed by atoms with Gasteiger partial charge in [0.2, 0.25) is 5.91 Å². The van der Waals surface area contributed by atoms with Gasteiger partial charge in [-0.05, 0) is 37.3 Å². The maximum absolute atomic E-state index is 12.7. The molecule has 32 heavy (non-hydrogen) atoms. The molecule has 3 N–H and O–H groups in total. The number of halogens is 1. The van der Waals surface area contributed by atoms with E-state index in [2.05, 4.69) is 5.32 Å². The highest BCUT2D eigenvalue weighted by molar-refractivity contribution is 6.32. The van der Waals surface area contributed by atoms with E-state index in [0.717, 1.165) is 11.3 Å². The lowest BCUT2D eigenvalue weighted by molar-refractivity contribution is -0.124. The van der Waals surface area contributed by atoms with Crippen molar-refractivity contribution in [2.75, 3.05) is 19.7 Å². The first-order chi connectivity index (χ1) is 15.4. The van der Waals surface area contributed by atoms with Gasteiger partial charge in [-0.2, -0.15) is 0 Å². The predicted octanol–water partition coefficient (Wildman–Crippen LogP) is 2.19. The van der Waals surface area contributed by atoms with E-state index in [9.17, 15) is 19.6 Å². The van der Waals surface area contributed by atoms with Gasteiger partial charge in [0.05, 0.1) is 6.61 Å². The average Bonchev–Trinajstić information content (AvgIpc) is 3.17. The Balaban J connectivity index is 1.56. The molecular weight excluding hydrogens is 435 g/mol. The summed E-state index contributed by atoms with van der Waals surface area (Å²) in [6.07, 6.45) is -0.585. The van der Waals surface area contributed by atoms with E-state index < -0.39 is 13.5 Å². The van der Waals surface area contributed by atoms with Crippen LogP contribution in [0.25, 0.3) is 0 Å². The SMILES string of the molecule is CCN(CCC(=O)N[C@@H](C[C@@H]1COc2ccccc21)OB(O)O)C(=O)c1ccc(Cl)cc1. The van der Waals surface area contributed by atoms with Crippen molar-refractivity contribution in [2.24, 2.45) is 0 Å². The second-order valence-electron chi connectivity index (χ2n) is 7.44. The summed E-state index contributed by atoms with van der Waals surface area (Å²) in [7, 11) is -2.03. The van der Waals surface area contributed by atoms with Crippen molar-refractivity contribution >= 4 is 30.7 Å². The topological polar surface area (TPSA) is 108 Å². The molecule has 1 heterocycles. The molecule has 0 unspecified atom stereocenters. The molecule has 1 aliphatic rings. The molecule has 2 aromatic carbocycles. The van der Waals surface area contributed by atoms with Crippen LogP contribution in [0.1, 0.15) is 41.6 Å². The molecule has 0 spiro atoms. The minimum atomic E-state index is -2.03. The number of fused-ring (bicyclic) bond motifs is 1. The van der Waals surface area contributed by atoms with E-state index in [-0.39, 0.29) is 30.7 Å². The summed E-state index contributed by atoms with van der Waals surface area (Å²) < 4.78 is 10.7. The van der Waals surface area contributed by atoms with E-state index in [0.29, 0.717) is 30.2 Å². The summed E-state index contributed by atoms with van der Waals surface area (Å²) in [5.41, 5.74) is 1.47. The third-order valence-corrected chi connectivity index (χ3v) is 5.53. The molecule has 0 radical (unpaired) electrons. The van der Waals surface area contributed by atoms with Crippen molar-refractivity contribution in [2.45, 2.75) is 31.9 Å². The number of hydrogen-bond donors (Lipinski definition) is 3. The Bertz CT molecular complexity index is 927. The minimum absolute atomic E-state index is 0.0340. The molecule has 1 aliphatic heterocycles. The van der Waals surface area contributed by atoms with Gasteiger partial charge in [0.25, 0.3) is 5.91 Å². The van der Waals surface area contributed by atoms with Crippen molar-refractivity contribution in [3.8, 4) is 5.75 Å². The lowest BCUT2D eigenvalue weighted by Crippen LogP contribution is -2.43. The first-order valence-corrected chi connectivity index (χ1v) is 10.8. The zero-order chi connectivity index (χ0) is 23.1. The van der Waals surface area contributed by atoms with E-state index in [1.807, 2.05) is 31.2 Å². The van der Waals surface area contributed by atoms with Crippen LogP contribution in [0, 0.1) is 0 Å². The summed E-state index contributed by atoms with van der Waals surface area (Å²) in [6.45, 7) is 2.88. The van der Waals surface area contributed by atoms with Crippen LogP contribution in [-0.4, -0.2) is 60.0 Å². The summed E-state index contributed by atoms with van der Waals surface area (Å²) in [5, 5.41) is 21.8. The highest BCUT2D eigenvalue weighted by Crippen LogP contribution is 2.36. The highest BCUT2D eigenvalue weighted by atomic mass is 35.5. The second-order valence-corrected chi connectivity index (χ2v) is 7.88. The summed E-state index contributed by atoms with van der Waals surface area (Å²) >= 11 is 5.87. The Kier molecular flexibility index (Phi) is 8.52. The molecule has 0 fully saturated rings. The molecule has 0 saturated carbocycles. The lowest BCUT2D eigenvalue weighted by Gasteiger charge is -2.24. The first kappa shape index (κ1) is 24.1. The van der Waals surface area contributed by atoms with Crippen LogP contribution in [0.15, 0.2) is 48.5 Å². The number of carbonyl (C=O) groups is 2. The number of hydrogen-bond acceptors (Lipinski definition) is 6. The molecule has 2 atom stereocenters. The number of para-hydroxylation sites is 1. The van der Waals surface area contributed by atoms with Crippen LogP contribution in [0.4, 0.5) is 0 Å². The summed E-state index contributed by atoms with van der Waals surface area (Å²) in [6, 6.07) is 14.1. The number of rotatable bonds is 10. The lowest BCUT2D eigenvalue weighted by atomic mass is 9.96. The van der Waals surface area contributed by atoms with Gasteiger partial charge in [-0.25, -0.2) is 0 Å². The number of carbonyl (C=O) groups excluding carboxylic acids is 2. The van der Waals surface area contributed by atoms with Crippen molar-refractivity contribution in [1.82, 2.24) is 10.2 Å². The van der Waals surface area contributed by atoms with Gasteiger partial charge in [0.15, 0.2) is 0 Å². The van der Waals surface area contributed by atoms with Gasteiger partial charge in [-0.15, -0.1) is 0 Å². The zero-order valence-corrected chi connectivity index (χ0v) is 18.5. The van der Waals surface area contributed by atoms with E-state index in [1.165, 1.54) is 0 Å². The molecule has 0 aromatic heterocycles. The van der Waals surface area contributed by atoms with Gasteiger partial charge in [-0.1, -0.05) is 29.8 Å². The highest BCUT2D eigenvalue weighted by Gasteiger charge is 2.30. The molecule has 8 nitrogen and oxygen atoms in total. The Labute approximate surface area is 192 Å². The Morgan fingerprint density at radius 1 is 1.25 bits per heavy atom. The monoisotopic (exact) mass is 460 g/mol. The molecule has 2 aromatic rings. The Hall–Kier alpha value is -2.59. The Morgan fingerprint density at radius 3 is 2.66 bits per heavy atom. The largest absolute Gasteiger partial charge is 0.635 e. The van der Waals surface area contributed by atoms with Crippen molar-refractivity contribution in [3.05, 3.63) is 64.7 Å². The van der Waals surface area contributed by atoms with Crippen molar-refractivity contribution in [1.29, 1.82) is 0 Å². The quantitative estimate of drug-likeness (QED) is 0.370. The maximum Gasteiger partial charge on any atom is 0.635 e. The van der Waals surface area contributed by atoms with E-state index in [4.69, 9.17) is 21.0 Å². The number of nitrogens with zero attached hydrogens (tertiary/aromatic N) is 1. The fourth-order valence-corrected chi connectivity index (χ4v) is 3.77. The molecule has 2 amide bonds. The van der Waals surface area contributed by atoms with Gasteiger partial charge in [0.1, 0.15) is 12.0 Å². The van der Waals surface area contributed by atoms with Crippen LogP contribution in [0.5, 0.6) is 5.75 Å². The number of benzene rings is 2. The van der Waals surface area contributed by atoms with Crippen molar-refractivity contribution in [3.63, 3.8) is 0 Å². The molecule has 0 aliphatic carbocycles. The summed E-state index contributed by atoms with van der Waals surface area (Å²) in [5.74, 6) is 0.140. The number of amides is 2. The average molecular weight is 461 g/mol. The zero-order valence-electron chi connectivity index (χ0n) is 17.7. The van der Waals surface area contributed by atoms with Gasteiger partial charge in [0, 0.05) is 48.0 Å². The van der Waals surface area contributed by atoms with Crippen LogP contribution in [0.3, 0.4) is 0 Å². The normalized spacial score (nSPS) is 15.4. The molecular formula is C22H26BClN2O6. The van der Waals surface area contributed by atoms with E-state index >= 15 is 0 Å². The molecule has 170 valence electrons. The summed E-state index contributed by atoms with van der Waals surface area (Å²) in [4.78, 5) is 26.8. The van der Waals surface area contributed by atoms with Crippen molar-refractivity contribution < 1.29 is 29.0 Å². The molecule has 0 saturated heterocycles. The van der Waals surface area contributed by atoms with Gasteiger partial charge in [-0.3, -0.25) is 9.59 Å².